The van der Waals surface area contributed by atoms with Crippen LogP contribution in [0.2, 0.25) is 5.02 Å². The normalized spacial score (nSPS) is 14.9. The Kier molecular flexibility index (Phi) is 4.85. The number of piperazine rings is 1. The van der Waals surface area contributed by atoms with E-state index in [1.807, 2.05) is 24.3 Å². The molecule has 0 saturated carbocycles. The molecule has 5 nitrogen and oxygen atoms in total. The van der Waals surface area contributed by atoms with Gasteiger partial charge in [0.15, 0.2) is 11.6 Å². The molecule has 1 aliphatic rings. The summed E-state index contributed by atoms with van der Waals surface area (Å²) in [5.74, 6) is 0.330. The topological polar surface area (TPSA) is 45.7 Å². The van der Waals surface area contributed by atoms with Crippen molar-refractivity contribution in [1.82, 2.24) is 9.88 Å². The lowest BCUT2D eigenvalue weighted by atomic mass is 10.2. The maximum absolute atomic E-state index is 14.0. The number of benzene rings is 1. The monoisotopic (exact) mass is 349 g/mol. The molecule has 1 aliphatic heterocycles. The fourth-order valence-electron chi connectivity index (χ4n) is 2.69. The summed E-state index contributed by atoms with van der Waals surface area (Å²) in [4.78, 5) is 19.8. The Hall–Kier alpha value is -2.34. The number of carbonyl (C=O) groups is 1. The Balaban J connectivity index is 1.68. The Labute approximate surface area is 144 Å². The zero-order valence-electron chi connectivity index (χ0n) is 13.2. The number of nitrogens with zero attached hydrogens (tertiary/aromatic N) is 3. The summed E-state index contributed by atoms with van der Waals surface area (Å²) in [7, 11) is 1.61. The third-order valence-electron chi connectivity index (χ3n) is 3.91. The zero-order chi connectivity index (χ0) is 17.1. The predicted octanol–water partition coefficient (Wildman–Crippen LogP) is 2.73. The van der Waals surface area contributed by atoms with E-state index in [1.54, 1.807) is 16.9 Å². The van der Waals surface area contributed by atoms with Crippen LogP contribution in [-0.4, -0.2) is 42.5 Å². The first-order chi connectivity index (χ1) is 11.6. The van der Waals surface area contributed by atoms with Crippen molar-refractivity contribution < 1.29 is 13.9 Å². The molecule has 0 N–H and O–H groups in total. The largest absolute Gasteiger partial charge is 0.497 e. The van der Waals surface area contributed by atoms with Crippen LogP contribution in [0.1, 0.15) is 5.56 Å². The quantitative estimate of drug-likeness (QED) is 0.851. The molecule has 0 bridgehead atoms. The summed E-state index contributed by atoms with van der Waals surface area (Å²) < 4.78 is 19.2. The highest BCUT2D eigenvalue weighted by Gasteiger charge is 2.26. The standard InChI is InChI=1S/C17H17ClFN3O2/c1-24-14-4-2-3-12(7-14)10-21-5-6-22(11-16(21)23)17-15(19)8-13(18)9-20-17/h2-4,7-9H,5-6,10-11H2,1H3. The fraction of sp³-hybridized carbons (Fsp3) is 0.294. The molecule has 2 aromatic rings. The first-order valence-corrected chi connectivity index (χ1v) is 7.91. The van der Waals surface area contributed by atoms with Crippen molar-refractivity contribution in [3.63, 3.8) is 0 Å². The molecule has 1 aromatic heterocycles. The number of aromatic nitrogens is 1. The van der Waals surface area contributed by atoms with E-state index in [0.717, 1.165) is 11.3 Å². The number of rotatable bonds is 4. The van der Waals surface area contributed by atoms with Crippen molar-refractivity contribution in [1.29, 1.82) is 0 Å². The number of pyridine rings is 1. The molecular weight excluding hydrogens is 333 g/mol. The second-order valence-corrected chi connectivity index (χ2v) is 5.98. The van der Waals surface area contributed by atoms with Crippen molar-refractivity contribution in [2.75, 3.05) is 31.6 Å². The van der Waals surface area contributed by atoms with Gasteiger partial charge in [-0.2, -0.15) is 0 Å². The smallest absolute Gasteiger partial charge is 0.242 e. The second kappa shape index (κ2) is 7.05. The SMILES string of the molecule is COc1cccc(CN2CCN(c3ncc(Cl)cc3F)CC2=O)c1. The molecule has 0 radical (unpaired) electrons. The van der Waals surface area contributed by atoms with E-state index in [0.29, 0.717) is 19.6 Å². The fourth-order valence-corrected chi connectivity index (χ4v) is 2.83. The Morgan fingerprint density at radius 1 is 1.33 bits per heavy atom. The molecule has 0 unspecified atom stereocenters. The van der Waals surface area contributed by atoms with Crippen molar-refractivity contribution >= 4 is 23.3 Å². The summed E-state index contributed by atoms with van der Waals surface area (Å²) in [6.07, 6.45) is 1.38. The van der Waals surface area contributed by atoms with E-state index in [9.17, 15) is 9.18 Å². The molecule has 0 atom stereocenters. The number of carbonyl (C=O) groups excluding carboxylic acids is 1. The lowest BCUT2D eigenvalue weighted by Crippen LogP contribution is -2.50. The van der Waals surface area contributed by atoms with Gasteiger partial charge in [-0.15, -0.1) is 0 Å². The van der Waals surface area contributed by atoms with Crippen LogP contribution in [0.3, 0.4) is 0 Å². The molecule has 2 heterocycles. The van der Waals surface area contributed by atoms with Gasteiger partial charge in [0, 0.05) is 25.8 Å². The Morgan fingerprint density at radius 2 is 2.17 bits per heavy atom. The highest BCUT2D eigenvalue weighted by atomic mass is 35.5. The summed E-state index contributed by atoms with van der Waals surface area (Å²) >= 11 is 5.72. The molecule has 1 aromatic carbocycles. The summed E-state index contributed by atoms with van der Waals surface area (Å²) in [6, 6.07) is 8.81. The van der Waals surface area contributed by atoms with Crippen LogP contribution in [0.15, 0.2) is 36.5 Å². The molecule has 7 heteroatoms. The molecule has 1 amide bonds. The second-order valence-electron chi connectivity index (χ2n) is 5.55. The van der Waals surface area contributed by atoms with Crippen LogP contribution in [-0.2, 0) is 11.3 Å². The number of methoxy groups -OCH3 is 1. The molecule has 24 heavy (non-hydrogen) atoms. The molecule has 0 aliphatic carbocycles. The molecular formula is C17H17ClFN3O2. The number of hydrogen-bond acceptors (Lipinski definition) is 4. The summed E-state index contributed by atoms with van der Waals surface area (Å²) in [6.45, 7) is 1.61. The third kappa shape index (κ3) is 3.59. The lowest BCUT2D eigenvalue weighted by Gasteiger charge is -2.35. The average molecular weight is 350 g/mol. The molecule has 3 rings (SSSR count). The predicted molar refractivity (Wildman–Crippen MR) is 89.8 cm³/mol. The Morgan fingerprint density at radius 3 is 2.88 bits per heavy atom. The van der Waals surface area contributed by atoms with Gasteiger partial charge in [0.1, 0.15) is 5.75 Å². The highest BCUT2D eigenvalue weighted by molar-refractivity contribution is 6.30. The van der Waals surface area contributed by atoms with Gasteiger partial charge in [-0.1, -0.05) is 23.7 Å². The third-order valence-corrected chi connectivity index (χ3v) is 4.12. The van der Waals surface area contributed by atoms with Gasteiger partial charge in [0.2, 0.25) is 5.91 Å². The molecule has 0 spiro atoms. The van der Waals surface area contributed by atoms with Crippen LogP contribution in [0.4, 0.5) is 10.2 Å². The van der Waals surface area contributed by atoms with E-state index >= 15 is 0 Å². The van der Waals surface area contributed by atoms with Crippen molar-refractivity contribution in [2.45, 2.75) is 6.54 Å². The summed E-state index contributed by atoms with van der Waals surface area (Å²) in [5, 5.41) is 0.235. The highest BCUT2D eigenvalue weighted by Crippen LogP contribution is 2.22. The van der Waals surface area contributed by atoms with Crippen LogP contribution in [0.5, 0.6) is 5.75 Å². The number of halogens is 2. The van der Waals surface area contributed by atoms with E-state index in [1.165, 1.54) is 12.3 Å². The number of anilines is 1. The average Bonchev–Trinajstić information content (AvgIpc) is 2.57. The van der Waals surface area contributed by atoms with E-state index in [2.05, 4.69) is 4.98 Å². The van der Waals surface area contributed by atoms with Gasteiger partial charge in [-0.3, -0.25) is 4.79 Å². The summed E-state index contributed by atoms with van der Waals surface area (Å²) in [5.41, 5.74) is 0.993. The lowest BCUT2D eigenvalue weighted by molar-refractivity contribution is -0.131. The van der Waals surface area contributed by atoms with Gasteiger partial charge in [0.05, 0.1) is 18.7 Å². The van der Waals surface area contributed by atoms with Gasteiger partial charge in [-0.25, -0.2) is 9.37 Å². The number of hydrogen-bond donors (Lipinski definition) is 0. The van der Waals surface area contributed by atoms with Crippen molar-refractivity contribution in [3.05, 3.63) is 52.9 Å². The van der Waals surface area contributed by atoms with E-state index in [4.69, 9.17) is 16.3 Å². The first kappa shape index (κ1) is 16.5. The Bertz CT molecular complexity index is 756. The maximum atomic E-state index is 14.0. The van der Waals surface area contributed by atoms with Crippen molar-refractivity contribution in [3.8, 4) is 5.75 Å². The minimum atomic E-state index is -0.517. The minimum absolute atomic E-state index is 0.0692. The van der Waals surface area contributed by atoms with Crippen LogP contribution < -0.4 is 9.64 Å². The minimum Gasteiger partial charge on any atom is -0.497 e. The van der Waals surface area contributed by atoms with E-state index < -0.39 is 5.82 Å². The van der Waals surface area contributed by atoms with Crippen LogP contribution >= 0.6 is 11.6 Å². The van der Waals surface area contributed by atoms with Gasteiger partial charge >= 0.3 is 0 Å². The van der Waals surface area contributed by atoms with E-state index in [-0.39, 0.29) is 23.3 Å². The van der Waals surface area contributed by atoms with Gasteiger partial charge in [-0.05, 0) is 23.8 Å². The number of ether oxygens (including phenoxy) is 1. The van der Waals surface area contributed by atoms with Crippen molar-refractivity contribution in [2.24, 2.45) is 0 Å². The number of amides is 1. The van der Waals surface area contributed by atoms with Crippen LogP contribution in [0.25, 0.3) is 0 Å². The molecule has 1 saturated heterocycles. The van der Waals surface area contributed by atoms with Crippen LogP contribution in [0, 0.1) is 5.82 Å². The zero-order valence-corrected chi connectivity index (χ0v) is 14.0. The van der Waals surface area contributed by atoms with Gasteiger partial charge in [0.25, 0.3) is 0 Å². The first-order valence-electron chi connectivity index (χ1n) is 7.53. The maximum Gasteiger partial charge on any atom is 0.242 e. The van der Waals surface area contributed by atoms with Gasteiger partial charge < -0.3 is 14.5 Å². The molecule has 126 valence electrons. The molecule has 1 fully saturated rings.